The predicted octanol–water partition coefficient (Wildman–Crippen LogP) is 2.62. The quantitative estimate of drug-likeness (QED) is 0.661. The molecule has 1 N–H and O–H groups in total. The highest BCUT2D eigenvalue weighted by Crippen LogP contribution is 2.34. The molecule has 0 aliphatic carbocycles. The molecule has 1 fully saturated rings. The number of benzene rings is 1. The van der Waals surface area contributed by atoms with Gasteiger partial charge in [0.1, 0.15) is 5.88 Å². The van der Waals surface area contributed by atoms with Crippen molar-refractivity contribution in [1.82, 2.24) is 14.7 Å². The average Bonchev–Trinajstić information content (AvgIpc) is 3.07. The van der Waals surface area contributed by atoms with Crippen LogP contribution in [0.2, 0.25) is 0 Å². The maximum absolute atomic E-state index is 13.4. The van der Waals surface area contributed by atoms with Gasteiger partial charge < -0.3 is 10.2 Å². The van der Waals surface area contributed by atoms with Crippen LogP contribution in [-0.2, 0) is 27.9 Å². The number of carbonyl (C=O) groups is 2. The van der Waals surface area contributed by atoms with E-state index < -0.39 is 45.3 Å². The third kappa shape index (κ3) is 5.60. The summed E-state index contributed by atoms with van der Waals surface area (Å²) in [4.78, 5) is 26.2. The predicted molar refractivity (Wildman–Crippen MR) is 111 cm³/mol. The Labute approximate surface area is 187 Å². The SMILES string of the molecule is Cn1cc(C2CS(=O)(=O)CCCN2C(=O)c2cc(NC(=O)CCl)cc(C(F)(F)F)c2)cn1. The Morgan fingerprint density at radius 1 is 1.28 bits per heavy atom. The Kier molecular flexibility index (Phi) is 6.84. The zero-order chi connectivity index (χ0) is 23.7. The molecule has 2 aromatic rings. The second kappa shape index (κ2) is 9.10. The van der Waals surface area contributed by atoms with Crippen LogP contribution >= 0.6 is 11.6 Å². The van der Waals surface area contributed by atoms with Crippen molar-refractivity contribution < 1.29 is 31.2 Å². The highest BCUT2D eigenvalue weighted by atomic mass is 35.5. The lowest BCUT2D eigenvalue weighted by atomic mass is 10.0. The molecule has 1 aliphatic rings. The van der Waals surface area contributed by atoms with E-state index in [2.05, 4.69) is 10.4 Å². The van der Waals surface area contributed by atoms with Crippen molar-refractivity contribution in [2.24, 2.45) is 7.05 Å². The van der Waals surface area contributed by atoms with E-state index in [1.165, 1.54) is 15.8 Å². The third-order valence-electron chi connectivity index (χ3n) is 4.93. The van der Waals surface area contributed by atoms with Crippen molar-refractivity contribution >= 4 is 38.9 Å². The second-order valence-electron chi connectivity index (χ2n) is 7.41. The molecule has 2 heterocycles. The van der Waals surface area contributed by atoms with Gasteiger partial charge in [-0.25, -0.2) is 8.42 Å². The van der Waals surface area contributed by atoms with Crippen molar-refractivity contribution in [2.75, 3.05) is 29.2 Å². The second-order valence-corrected chi connectivity index (χ2v) is 9.90. The van der Waals surface area contributed by atoms with Gasteiger partial charge in [0.05, 0.1) is 29.3 Å². The van der Waals surface area contributed by atoms with E-state index in [1.54, 1.807) is 13.2 Å². The van der Waals surface area contributed by atoms with Crippen LogP contribution in [-0.4, -0.2) is 58.8 Å². The van der Waals surface area contributed by atoms with Gasteiger partial charge in [-0.05, 0) is 24.6 Å². The zero-order valence-electron chi connectivity index (χ0n) is 16.9. The topological polar surface area (TPSA) is 101 Å². The minimum Gasteiger partial charge on any atom is -0.330 e. The van der Waals surface area contributed by atoms with Crippen LogP contribution in [0.25, 0.3) is 0 Å². The minimum absolute atomic E-state index is 0.0250. The highest BCUT2D eigenvalue weighted by molar-refractivity contribution is 7.91. The Bertz CT molecular complexity index is 1130. The van der Waals surface area contributed by atoms with E-state index in [0.29, 0.717) is 17.7 Å². The molecule has 13 heteroatoms. The number of aryl methyl sites for hydroxylation is 1. The number of carbonyl (C=O) groups excluding carboxylic acids is 2. The van der Waals surface area contributed by atoms with Crippen molar-refractivity contribution in [3.8, 4) is 0 Å². The van der Waals surface area contributed by atoms with Crippen LogP contribution < -0.4 is 5.32 Å². The molecule has 174 valence electrons. The molecular weight excluding hydrogens is 473 g/mol. The van der Waals surface area contributed by atoms with Gasteiger partial charge in [-0.2, -0.15) is 18.3 Å². The van der Waals surface area contributed by atoms with Gasteiger partial charge in [0.25, 0.3) is 5.91 Å². The summed E-state index contributed by atoms with van der Waals surface area (Å²) < 4.78 is 66.5. The molecule has 1 aliphatic heterocycles. The van der Waals surface area contributed by atoms with Crippen LogP contribution in [0.1, 0.15) is 33.9 Å². The summed E-state index contributed by atoms with van der Waals surface area (Å²) in [5.74, 6) is -2.53. The van der Waals surface area contributed by atoms with Crippen LogP contribution in [0.5, 0.6) is 0 Å². The highest BCUT2D eigenvalue weighted by Gasteiger charge is 2.36. The lowest BCUT2D eigenvalue weighted by Gasteiger charge is -2.29. The molecule has 0 spiro atoms. The summed E-state index contributed by atoms with van der Waals surface area (Å²) in [7, 11) is -1.87. The fraction of sp³-hybridized carbons (Fsp3) is 0.421. The number of halogens is 4. The number of rotatable bonds is 4. The van der Waals surface area contributed by atoms with Crippen LogP contribution in [0.15, 0.2) is 30.6 Å². The van der Waals surface area contributed by atoms with Crippen LogP contribution in [0.3, 0.4) is 0 Å². The van der Waals surface area contributed by atoms with Gasteiger partial charge in [-0.3, -0.25) is 14.3 Å². The van der Waals surface area contributed by atoms with E-state index in [1.807, 2.05) is 0 Å². The van der Waals surface area contributed by atoms with Crippen molar-refractivity contribution in [3.63, 3.8) is 0 Å². The van der Waals surface area contributed by atoms with E-state index in [-0.39, 0.29) is 35.7 Å². The number of sulfone groups is 1. The Hall–Kier alpha value is -2.60. The van der Waals surface area contributed by atoms with Crippen molar-refractivity contribution in [2.45, 2.75) is 18.6 Å². The first kappa shape index (κ1) is 24.1. The molecule has 2 amide bonds. The smallest absolute Gasteiger partial charge is 0.330 e. The molecule has 1 unspecified atom stereocenters. The van der Waals surface area contributed by atoms with E-state index in [9.17, 15) is 31.2 Å². The van der Waals surface area contributed by atoms with Gasteiger partial charge >= 0.3 is 6.18 Å². The van der Waals surface area contributed by atoms with Gasteiger partial charge in [-0.15, -0.1) is 11.6 Å². The molecule has 0 bridgehead atoms. The Morgan fingerprint density at radius 3 is 2.59 bits per heavy atom. The van der Waals surface area contributed by atoms with Gasteiger partial charge in [0.2, 0.25) is 5.91 Å². The zero-order valence-corrected chi connectivity index (χ0v) is 18.5. The summed E-state index contributed by atoms with van der Waals surface area (Å²) in [5, 5.41) is 6.24. The molecule has 1 aromatic heterocycles. The fourth-order valence-corrected chi connectivity index (χ4v) is 5.16. The first-order chi connectivity index (χ1) is 14.9. The number of anilines is 1. The summed E-state index contributed by atoms with van der Waals surface area (Å²) in [6.07, 6.45) is -1.66. The van der Waals surface area contributed by atoms with E-state index in [4.69, 9.17) is 11.6 Å². The standard InChI is InChI=1S/C19H20ClF3N4O4S/c1-26-10-13(9-24-26)16-11-32(30,31)4-2-3-27(16)18(29)12-5-14(19(21,22)23)7-15(6-12)25-17(28)8-20/h5-7,9-10,16H,2-4,8,11H2,1H3,(H,25,28). The Morgan fingerprint density at radius 2 is 2.00 bits per heavy atom. The monoisotopic (exact) mass is 492 g/mol. The maximum atomic E-state index is 13.4. The number of alkyl halides is 4. The minimum atomic E-state index is -4.78. The van der Waals surface area contributed by atoms with Crippen LogP contribution in [0, 0.1) is 0 Å². The van der Waals surface area contributed by atoms with Crippen molar-refractivity contribution in [3.05, 3.63) is 47.3 Å². The van der Waals surface area contributed by atoms with Gasteiger partial charge in [0, 0.05) is 36.6 Å². The molecular formula is C19H20ClF3N4O4S. The van der Waals surface area contributed by atoms with E-state index >= 15 is 0 Å². The number of nitrogens with one attached hydrogen (secondary N) is 1. The number of nitrogens with zero attached hydrogens (tertiary/aromatic N) is 3. The number of amides is 2. The van der Waals surface area contributed by atoms with Gasteiger partial charge in [0.15, 0.2) is 9.84 Å². The third-order valence-corrected chi connectivity index (χ3v) is 6.90. The number of hydrogen-bond donors (Lipinski definition) is 1. The largest absolute Gasteiger partial charge is 0.416 e. The number of hydrogen-bond acceptors (Lipinski definition) is 5. The molecule has 1 aromatic carbocycles. The maximum Gasteiger partial charge on any atom is 0.416 e. The normalized spacial score (nSPS) is 18.8. The Balaban J connectivity index is 2.06. The summed E-state index contributed by atoms with van der Waals surface area (Å²) in [5.41, 5.74) is -1.25. The first-order valence-corrected chi connectivity index (χ1v) is 11.8. The molecule has 32 heavy (non-hydrogen) atoms. The molecule has 1 atom stereocenters. The molecule has 0 saturated carbocycles. The number of aromatic nitrogens is 2. The average molecular weight is 493 g/mol. The molecule has 8 nitrogen and oxygen atoms in total. The lowest BCUT2D eigenvalue weighted by molar-refractivity contribution is -0.137. The summed E-state index contributed by atoms with van der Waals surface area (Å²) in [6.45, 7) is 0.0250. The first-order valence-electron chi connectivity index (χ1n) is 9.47. The van der Waals surface area contributed by atoms with Crippen molar-refractivity contribution in [1.29, 1.82) is 0 Å². The molecule has 0 radical (unpaired) electrons. The van der Waals surface area contributed by atoms with Gasteiger partial charge in [-0.1, -0.05) is 0 Å². The summed E-state index contributed by atoms with van der Waals surface area (Å²) in [6, 6.07) is 1.58. The summed E-state index contributed by atoms with van der Waals surface area (Å²) >= 11 is 5.42. The van der Waals surface area contributed by atoms with Crippen LogP contribution in [0.4, 0.5) is 18.9 Å². The molecule has 1 saturated heterocycles. The molecule has 3 rings (SSSR count). The lowest BCUT2D eigenvalue weighted by Crippen LogP contribution is -2.37. The fourth-order valence-electron chi connectivity index (χ4n) is 3.50. The van der Waals surface area contributed by atoms with E-state index in [0.717, 1.165) is 6.07 Å².